The normalized spacial score (nSPS) is 12.2. The molecule has 0 aliphatic rings. The second-order valence-electron chi connectivity index (χ2n) is 5.37. The number of imidazole rings is 1. The molecule has 0 aliphatic heterocycles. The largest absolute Gasteiger partial charge is 0.369 e. The van der Waals surface area contributed by atoms with E-state index in [-0.39, 0.29) is 5.41 Å². The Morgan fingerprint density at radius 1 is 1.29 bits per heavy atom. The SMILES string of the molecule is CCC(C)(C)Cn1c(N)nc2ccc(C)nc21. The standard InChI is InChI=1S/C13H20N4/c1-5-13(3,4)8-17-11-10(16-12(17)14)7-6-9(2)15-11/h6-7H,5,8H2,1-4H3,(H2,14,16). The number of rotatable bonds is 3. The Morgan fingerprint density at radius 2 is 2.00 bits per heavy atom. The molecule has 0 saturated carbocycles. The second kappa shape index (κ2) is 4.02. The molecule has 2 aromatic rings. The van der Waals surface area contributed by atoms with Crippen molar-refractivity contribution in [3.05, 3.63) is 17.8 Å². The van der Waals surface area contributed by atoms with Crippen molar-refractivity contribution < 1.29 is 0 Å². The third kappa shape index (κ3) is 2.25. The van der Waals surface area contributed by atoms with Crippen molar-refractivity contribution in [1.29, 1.82) is 0 Å². The van der Waals surface area contributed by atoms with Gasteiger partial charge < -0.3 is 5.73 Å². The van der Waals surface area contributed by atoms with E-state index in [0.717, 1.165) is 29.8 Å². The molecule has 2 rings (SSSR count). The van der Waals surface area contributed by atoms with Gasteiger partial charge in [-0.25, -0.2) is 9.97 Å². The fourth-order valence-corrected chi connectivity index (χ4v) is 1.81. The number of nitrogens with zero attached hydrogens (tertiary/aromatic N) is 3. The Labute approximate surface area is 102 Å². The van der Waals surface area contributed by atoms with Crippen molar-refractivity contribution in [3.63, 3.8) is 0 Å². The van der Waals surface area contributed by atoms with Crippen LogP contribution >= 0.6 is 0 Å². The summed E-state index contributed by atoms with van der Waals surface area (Å²) in [6.45, 7) is 9.48. The maximum Gasteiger partial charge on any atom is 0.202 e. The van der Waals surface area contributed by atoms with Crippen LogP contribution < -0.4 is 5.73 Å². The lowest BCUT2D eigenvalue weighted by atomic mass is 9.90. The van der Waals surface area contributed by atoms with Crippen molar-refractivity contribution in [3.8, 4) is 0 Å². The predicted molar refractivity (Wildman–Crippen MR) is 70.7 cm³/mol. The van der Waals surface area contributed by atoms with Gasteiger partial charge in [0, 0.05) is 12.2 Å². The van der Waals surface area contributed by atoms with E-state index < -0.39 is 0 Å². The lowest BCUT2D eigenvalue weighted by Crippen LogP contribution is -2.20. The van der Waals surface area contributed by atoms with Gasteiger partial charge in [-0.1, -0.05) is 20.8 Å². The van der Waals surface area contributed by atoms with Crippen LogP contribution in [0, 0.1) is 12.3 Å². The fraction of sp³-hybridized carbons (Fsp3) is 0.538. The van der Waals surface area contributed by atoms with Crippen molar-refractivity contribution in [2.45, 2.75) is 40.7 Å². The third-order valence-corrected chi connectivity index (χ3v) is 3.30. The minimum Gasteiger partial charge on any atom is -0.369 e. The first-order valence-electron chi connectivity index (χ1n) is 6.02. The van der Waals surface area contributed by atoms with Crippen LogP contribution in [-0.4, -0.2) is 14.5 Å². The molecule has 17 heavy (non-hydrogen) atoms. The summed E-state index contributed by atoms with van der Waals surface area (Å²) in [6.07, 6.45) is 1.10. The first kappa shape index (κ1) is 11.9. The molecule has 2 heterocycles. The molecule has 0 saturated heterocycles. The van der Waals surface area contributed by atoms with E-state index in [9.17, 15) is 0 Å². The topological polar surface area (TPSA) is 56.7 Å². The minimum atomic E-state index is 0.202. The van der Waals surface area contributed by atoms with Gasteiger partial charge in [-0.2, -0.15) is 0 Å². The predicted octanol–water partition coefficient (Wildman–Crippen LogP) is 2.76. The highest BCUT2D eigenvalue weighted by molar-refractivity contribution is 5.74. The molecule has 92 valence electrons. The van der Waals surface area contributed by atoms with Gasteiger partial charge in [0.2, 0.25) is 5.95 Å². The Bertz CT molecular complexity index is 540. The minimum absolute atomic E-state index is 0.202. The molecule has 0 fully saturated rings. The zero-order chi connectivity index (χ0) is 12.6. The summed E-state index contributed by atoms with van der Waals surface area (Å²) in [6, 6.07) is 3.94. The second-order valence-corrected chi connectivity index (χ2v) is 5.37. The summed E-state index contributed by atoms with van der Waals surface area (Å²) in [7, 11) is 0. The quantitative estimate of drug-likeness (QED) is 0.885. The molecule has 0 bridgehead atoms. The first-order chi connectivity index (χ1) is 7.93. The van der Waals surface area contributed by atoms with E-state index in [4.69, 9.17) is 5.73 Å². The van der Waals surface area contributed by atoms with Crippen LogP contribution in [0.2, 0.25) is 0 Å². The average Bonchev–Trinajstić information content (AvgIpc) is 2.56. The van der Waals surface area contributed by atoms with Crippen LogP contribution in [-0.2, 0) is 6.54 Å². The van der Waals surface area contributed by atoms with Crippen molar-refractivity contribution in [2.24, 2.45) is 5.41 Å². The number of anilines is 1. The lowest BCUT2D eigenvalue weighted by Gasteiger charge is -2.23. The molecular formula is C13H20N4. The van der Waals surface area contributed by atoms with Crippen molar-refractivity contribution in [1.82, 2.24) is 14.5 Å². The van der Waals surface area contributed by atoms with Crippen LogP contribution in [0.5, 0.6) is 0 Å². The van der Waals surface area contributed by atoms with Crippen LogP contribution in [0.3, 0.4) is 0 Å². The zero-order valence-corrected chi connectivity index (χ0v) is 11.0. The van der Waals surface area contributed by atoms with Crippen LogP contribution in [0.4, 0.5) is 5.95 Å². The van der Waals surface area contributed by atoms with Gasteiger partial charge in [0.25, 0.3) is 0 Å². The summed E-state index contributed by atoms with van der Waals surface area (Å²) < 4.78 is 2.02. The van der Waals surface area contributed by atoms with Crippen molar-refractivity contribution >= 4 is 17.1 Å². The number of aromatic nitrogens is 3. The summed E-state index contributed by atoms with van der Waals surface area (Å²) in [4.78, 5) is 8.89. The molecule has 0 spiro atoms. The number of hydrogen-bond acceptors (Lipinski definition) is 3. The monoisotopic (exact) mass is 232 g/mol. The number of fused-ring (bicyclic) bond motifs is 1. The maximum absolute atomic E-state index is 5.98. The van der Waals surface area contributed by atoms with Gasteiger partial charge in [-0.05, 0) is 30.9 Å². The highest BCUT2D eigenvalue weighted by Crippen LogP contribution is 2.26. The lowest BCUT2D eigenvalue weighted by molar-refractivity contribution is 0.299. The Hall–Kier alpha value is -1.58. The molecule has 0 unspecified atom stereocenters. The van der Waals surface area contributed by atoms with Crippen LogP contribution in [0.15, 0.2) is 12.1 Å². The van der Waals surface area contributed by atoms with Gasteiger partial charge >= 0.3 is 0 Å². The first-order valence-corrected chi connectivity index (χ1v) is 6.02. The Morgan fingerprint density at radius 3 is 2.65 bits per heavy atom. The third-order valence-electron chi connectivity index (χ3n) is 3.30. The summed E-state index contributed by atoms with van der Waals surface area (Å²) >= 11 is 0. The molecular weight excluding hydrogens is 212 g/mol. The summed E-state index contributed by atoms with van der Waals surface area (Å²) in [5, 5.41) is 0. The number of pyridine rings is 1. The van der Waals surface area contributed by atoms with Crippen LogP contribution in [0.25, 0.3) is 11.2 Å². The van der Waals surface area contributed by atoms with E-state index >= 15 is 0 Å². The van der Waals surface area contributed by atoms with Crippen LogP contribution in [0.1, 0.15) is 32.9 Å². The van der Waals surface area contributed by atoms with Gasteiger partial charge in [-0.15, -0.1) is 0 Å². The Balaban J connectivity index is 2.52. The maximum atomic E-state index is 5.98. The fourth-order valence-electron chi connectivity index (χ4n) is 1.81. The van der Waals surface area contributed by atoms with Gasteiger partial charge in [0.15, 0.2) is 5.65 Å². The summed E-state index contributed by atoms with van der Waals surface area (Å²) in [5.41, 5.74) is 8.94. The number of hydrogen-bond donors (Lipinski definition) is 1. The molecule has 2 N–H and O–H groups in total. The van der Waals surface area contributed by atoms with E-state index in [1.165, 1.54) is 0 Å². The van der Waals surface area contributed by atoms with Gasteiger partial charge in [0.1, 0.15) is 5.52 Å². The number of nitrogens with two attached hydrogens (primary N) is 1. The van der Waals surface area contributed by atoms with Gasteiger partial charge in [-0.3, -0.25) is 4.57 Å². The molecule has 0 radical (unpaired) electrons. The molecule has 4 nitrogen and oxygen atoms in total. The molecule has 0 aliphatic carbocycles. The molecule has 0 amide bonds. The number of nitrogen functional groups attached to an aromatic ring is 1. The van der Waals surface area contributed by atoms with Crippen molar-refractivity contribution in [2.75, 3.05) is 5.73 Å². The molecule has 2 aromatic heterocycles. The Kier molecular flexibility index (Phi) is 2.81. The van der Waals surface area contributed by atoms with E-state index in [0.29, 0.717) is 5.95 Å². The zero-order valence-electron chi connectivity index (χ0n) is 11.0. The highest BCUT2D eigenvalue weighted by Gasteiger charge is 2.19. The molecule has 0 atom stereocenters. The number of aryl methyl sites for hydroxylation is 1. The average molecular weight is 232 g/mol. The summed E-state index contributed by atoms with van der Waals surface area (Å²) in [5.74, 6) is 0.555. The van der Waals surface area contributed by atoms with Gasteiger partial charge in [0.05, 0.1) is 0 Å². The van der Waals surface area contributed by atoms with E-state index in [1.54, 1.807) is 0 Å². The smallest absolute Gasteiger partial charge is 0.202 e. The highest BCUT2D eigenvalue weighted by atomic mass is 15.2. The van der Waals surface area contributed by atoms with E-state index in [1.807, 2.05) is 23.6 Å². The molecule has 4 heteroatoms. The van der Waals surface area contributed by atoms with E-state index in [2.05, 4.69) is 30.7 Å². The molecule has 0 aromatic carbocycles.